The number of nitrogens with zero attached hydrogens (tertiary/aromatic N) is 3. The first-order valence-corrected chi connectivity index (χ1v) is 10.3. The van der Waals surface area contributed by atoms with E-state index in [0.29, 0.717) is 13.1 Å². The summed E-state index contributed by atoms with van der Waals surface area (Å²) in [4.78, 5) is 29.5. The van der Waals surface area contributed by atoms with Gasteiger partial charge in [-0.05, 0) is 57.9 Å². The van der Waals surface area contributed by atoms with E-state index in [1.807, 2.05) is 50.8 Å². The number of nitrogens with one attached hydrogen (secondary N) is 1. The Hall–Kier alpha value is -2.76. The van der Waals surface area contributed by atoms with Gasteiger partial charge < -0.3 is 19.7 Å². The van der Waals surface area contributed by atoms with Crippen molar-refractivity contribution in [2.75, 3.05) is 19.6 Å². The van der Waals surface area contributed by atoms with Gasteiger partial charge in [0, 0.05) is 37.1 Å². The topological polar surface area (TPSA) is 57.6 Å². The Bertz CT molecular complexity index is 881. The van der Waals surface area contributed by atoms with Crippen molar-refractivity contribution >= 4 is 11.9 Å². The molecule has 1 atom stereocenters. The van der Waals surface area contributed by atoms with E-state index in [1.54, 1.807) is 4.90 Å². The van der Waals surface area contributed by atoms with Crippen LogP contribution in [0.4, 0.5) is 4.79 Å². The molecule has 0 bridgehead atoms. The maximum atomic E-state index is 13.4. The second-order valence-electron chi connectivity index (χ2n) is 8.67. The quantitative estimate of drug-likeness (QED) is 0.859. The van der Waals surface area contributed by atoms with Gasteiger partial charge in [-0.2, -0.15) is 0 Å². The van der Waals surface area contributed by atoms with Crippen molar-refractivity contribution in [3.8, 4) is 0 Å². The molecule has 0 aliphatic carbocycles. The summed E-state index contributed by atoms with van der Waals surface area (Å²) < 4.78 is 2.21. The summed E-state index contributed by atoms with van der Waals surface area (Å²) in [6, 6.07) is 12.0. The molecule has 3 amide bonds. The smallest absolute Gasteiger partial charge is 0.318 e. The van der Waals surface area contributed by atoms with Crippen LogP contribution >= 0.6 is 0 Å². The SMILES string of the molecule is CCN(CC(=O)N1CCn2cccc2[C@@H]1c1ccccc1C)C(=O)NC(C)(C)C. The summed E-state index contributed by atoms with van der Waals surface area (Å²) in [5, 5.41) is 2.95. The number of hydrogen-bond acceptors (Lipinski definition) is 2. The second-order valence-corrected chi connectivity index (χ2v) is 8.67. The lowest BCUT2D eigenvalue weighted by Gasteiger charge is -2.39. The maximum absolute atomic E-state index is 13.4. The molecule has 156 valence electrons. The molecule has 1 aromatic heterocycles. The molecule has 2 heterocycles. The highest BCUT2D eigenvalue weighted by atomic mass is 16.2. The Morgan fingerprint density at radius 3 is 2.52 bits per heavy atom. The third kappa shape index (κ3) is 4.63. The minimum Gasteiger partial charge on any atom is -0.348 e. The zero-order chi connectivity index (χ0) is 21.2. The predicted octanol–water partition coefficient (Wildman–Crippen LogP) is 3.56. The van der Waals surface area contributed by atoms with E-state index in [0.717, 1.165) is 23.4 Å². The average molecular weight is 397 g/mol. The molecule has 0 saturated heterocycles. The number of hydrogen-bond donors (Lipinski definition) is 1. The number of carbonyl (C=O) groups excluding carboxylic acids is 2. The predicted molar refractivity (Wildman–Crippen MR) is 115 cm³/mol. The highest BCUT2D eigenvalue weighted by molar-refractivity contribution is 5.85. The Morgan fingerprint density at radius 2 is 1.86 bits per heavy atom. The summed E-state index contributed by atoms with van der Waals surface area (Å²) in [6.45, 7) is 11.7. The molecule has 1 aliphatic rings. The molecule has 3 rings (SSSR count). The number of carbonyl (C=O) groups is 2. The second kappa shape index (κ2) is 8.31. The van der Waals surface area contributed by atoms with Crippen molar-refractivity contribution in [1.82, 2.24) is 19.7 Å². The molecule has 2 aromatic rings. The molecule has 0 spiro atoms. The highest BCUT2D eigenvalue weighted by Gasteiger charge is 2.34. The summed E-state index contributed by atoms with van der Waals surface area (Å²) >= 11 is 0. The maximum Gasteiger partial charge on any atom is 0.318 e. The molecule has 1 aromatic carbocycles. The van der Waals surface area contributed by atoms with E-state index in [2.05, 4.69) is 41.2 Å². The normalized spacial score (nSPS) is 16.3. The molecular weight excluding hydrogens is 364 g/mol. The minimum absolute atomic E-state index is 0.0309. The molecular formula is C23H32N4O2. The van der Waals surface area contributed by atoms with Crippen LogP contribution in [0.3, 0.4) is 0 Å². The van der Waals surface area contributed by atoms with Crippen LogP contribution in [0.1, 0.15) is 50.6 Å². The number of fused-ring (bicyclic) bond motifs is 1. The third-order valence-corrected chi connectivity index (χ3v) is 5.32. The number of benzene rings is 1. The number of urea groups is 1. The lowest BCUT2D eigenvalue weighted by Crippen LogP contribution is -2.53. The summed E-state index contributed by atoms with van der Waals surface area (Å²) in [7, 11) is 0. The van der Waals surface area contributed by atoms with Gasteiger partial charge in [0.2, 0.25) is 5.91 Å². The average Bonchev–Trinajstić information content (AvgIpc) is 3.13. The van der Waals surface area contributed by atoms with E-state index < -0.39 is 0 Å². The molecule has 29 heavy (non-hydrogen) atoms. The van der Waals surface area contributed by atoms with Gasteiger partial charge in [0.15, 0.2) is 0 Å². The van der Waals surface area contributed by atoms with Crippen LogP contribution in [0.15, 0.2) is 42.6 Å². The van der Waals surface area contributed by atoms with Crippen molar-refractivity contribution in [1.29, 1.82) is 0 Å². The van der Waals surface area contributed by atoms with Crippen LogP contribution < -0.4 is 5.32 Å². The van der Waals surface area contributed by atoms with Crippen molar-refractivity contribution < 1.29 is 9.59 Å². The van der Waals surface area contributed by atoms with Gasteiger partial charge in [-0.1, -0.05) is 24.3 Å². The molecule has 0 fully saturated rings. The van der Waals surface area contributed by atoms with Gasteiger partial charge in [-0.15, -0.1) is 0 Å². The lowest BCUT2D eigenvalue weighted by molar-refractivity contribution is -0.134. The van der Waals surface area contributed by atoms with Crippen LogP contribution in [0, 0.1) is 6.92 Å². The van der Waals surface area contributed by atoms with E-state index in [1.165, 1.54) is 0 Å². The van der Waals surface area contributed by atoms with Crippen LogP contribution in [0.5, 0.6) is 0 Å². The first-order valence-electron chi connectivity index (χ1n) is 10.3. The number of amides is 3. The van der Waals surface area contributed by atoms with Gasteiger partial charge in [0.1, 0.15) is 6.54 Å². The van der Waals surface area contributed by atoms with E-state index in [-0.39, 0.29) is 30.1 Å². The van der Waals surface area contributed by atoms with Crippen molar-refractivity contribution in [2.45, 2.75) is 52.7 Å². The molecule has 0 saturated carbocycles. The Kier molecular flexibility index (Phi) is 6.01. The van der Waals surface area contributed by atoms with Gasteiger partial charge in [-0.25, -0.2) is 4.79 Å². The van der Waals surface area contributed by atoms with Crippen LogP contribution in [0.25, 0.3) is 0 Å². The number of rotatable bonds is 4. The lowest BCUT2D eigenvalue weighted by atomic mass is 9.95. The van der Waals surface area contributed by atoms with Gasteiger partial charge >= 0.3 is 6.03 Å². The van der Waals surface area contributed by atoms with Crippen molar-refractivity contribution in [2.24, 2.45) is 0 Å². The first-order chi connectivity index (χ1) is 13.7. The van der Waals surface area contributed by atoms with Crippen LogP contribution in [-0.2, 0) is 11.3 Å². The fraction of sp³-hybridized carbons (Fsp3) is 0.478. The highest BCUT2D eigenvalue weighted by Crippen LogP contribution is 2.34. The summed E-state index contributed by atoms with van der Waals surface area (Å²) in [5.74, 6) is -0.0309. The van der Waals surface area contributed by atoms with E-state index >= 15 is 0 Å². The number of aryl methyl sites for hydroxylation is 1. The molecule has 1 aliphatic heterocycles. The van der Waals surface area contributed by atoms with Gasteiger partial charge in [-0.3, -0.25) is 4.79 Å². The fourth-order valence-electron chi connectivity index (χ4n) is 3.85. The van der Waals surface area contributed by atoms with Crippen molar-refractivity contribution in [3.05, 3.63) is 59.4 Å². The fourth-order valence-corrected chi connectivity index (χ4v) is 3.85. The minimum atomic E-state index is -0.344. The standard InChI is InChI=1S/C23H32N4O2/c1-6-25(22(29)24-23(3,4)5)16-20(28)27-15-14-26-13-9-12-19(26)21(27)18-11-8-7-10-17(18)2/h7-13,21H,6,14-16H2,1-5H3,(H,24,29)/t21-/m0/s1. The molecule has 6 nitrogen and oxygen atoms in total. The summed E-state index contributed by atoms with van der Waals surface area (Å²) in [6.07, 6.45) is 2.07. The zero-order valence-electron chi connectivity index (χ0n) is 18.1. The third-order valence-electron chi connectivity index (χ3n) is 5.32. The molecule has 6 heteroatoms. The van der Waals surface area contributed by atoms with Crippen LogP contribution in [-0.4, -0.2) is 51.5 Å². The van der Waals surface area contributed by atoms with E-state index in [9.17, 15) is 9.59 Å². The largest absolute Gasteiger partial charge is 0.348 e. The van der Waals surface area contributed by atoms with Crippen molar-refractivity contribution in [3.63, 3.8) is 0 Å². The number of likely N-dealkylation sites (N-methyl/N-ethyl adjacent to an activating group) is 1. The number of aromatic nitrogens is 1. The molecule has 0 unspecified atom stereocenters. The monoisotopic (exact) mass is 396 g/mol. The Morgan fingerprint density at radius 1 is 1.14 bits per heavy atom. The van der Waals surface area contributed by atoms with E-state index in [4.69, 9.17) is 0 Å². The molecule has 1 N–H and O–H groups in total. The Labute approximate surface area is 173 Å². The Balaban J connectivity index is 1.87. The molecule has 0 radical (unpaired) electrons. The first kappa shape index (κ1) is 21.0. The van der Waals surface area contributed by atoms with Crippen LogP contribution in [0.2, 0.25) is 0 Å². The summed E-state index contributed by atoms with van der Waals surface area (Å²) in [5.41, 5.74) is 3.05. The van der Waals surface area contributed by atoms with Gasteiger partial charge in [0.05, 0.1) is 6.04 Å². The zero-order valence-corrected chi connectivity index (χ0v) is 18.1. The van der Waals surface area contributed by atoms with Gasteiger partial charge in [0.25, 0.3) is 0 Å².